The van der Waals surface area contributed by atoms with Gasteiger partial charge in [-0.25, -0.2) is 9.37 Å². The van der Waals surface area contributed by atoms with Gasteiger partial charge < -0.3 is 10.2 Å². The first kappa shape index (κ1) is 18.6. The maximum absolute atomic E-state index is 13.3. The Labute approximate surface area is 167 Å². The molecule has 3 heterocycles. The molecule has 0 spiro atoms. The number of nitrogens with zero attached hydrogens (tertiary/aromatic N) is 3. The van der Waals surface area contributed by atoms with Crippen LogP contribution < -0.4 is 10.2 Å². The van der Waals surface area contributed by atoms with Crippen LogP contribution in [0.1, 0.15) is 15.2 Å². The van der Waals surface area contributed by atoms with E-state index >= 15 is 0 Å². The number of hydrogen-bond donors (Lipinski definition) is 1. The summed E-state index contributed by atoms with van der Waals surface area (Å²) in [5, 5.41) is 4.87. The molecule has 0 radical (unpaired) electrons. The number of carbonyl (C=O) groups is 1. The predicted octanol–water partition coefficient (Wildman–Crippen LogP) is 3.86. The van der Waals surface area contributed by atoms with Crippen molar-refractivity contribution in [1.82, 2.24) is 9.88 Å². The molecular formula is C21H21FN4OS. The minimum absolute atomic E-state index is 0.283. The lowest BCUT2D eigenvalue weighted by Crippen LogP contribution is -2.46. The Balaban J connectivity index is 1.32. The van der Waals surface area contributed by atoms with Gasteiger partial charge in [0.25, 0.3) is 5.91 Å². The molecule has 0 aliphatic carbocycles. The minimum atomic E-state index is -0.431. The van der Waals surface area contributed by atoms with Crippen LogP contribution in [0.2, 0.25) is 0 Å². The number of thiophene rings is 1. The zero-order valence-corrected chi connectivity index (χ0v) is 16.2. The Morgan fingerprint density at radius 1 is 1.11 bits per heavy atom. The lowest BCUT2D eigenvalue weighted by Gasteiger charge is -2.35. The van der Waals surface area contributed by atoms with Crippen molar-refractivity contribution >= 4 is 28.7 Å². The van der Waals surface area contributed by atoms with E-state index in [1.807, 2.05) is 12.1 Å². The molecule has 2 aromatic heterocycles. The van der Waals surface area contributed by atoms with Gasteiger partial charge >= 0.3 is 0 Å². The topological polar surface area (TPSA) is 48.5 Å². The Kier molecular flexibility index (Phi) is 5.64. The summed E-state index contributed by atoms with van der Waals surface area (Å²) in [5.41, 5.74) is 0.875. The molecule has 1 aliphatic rings. The molecule has 3 aromatic rings. The van der Waals surface area contributed by atoms with Crippen LogP contribution >= 0.6 is 11.3 Å². The number of hydrogen-bond acceptors (Lipinski definition) is 5. The molecule has 0 saturated carbocycles. The number of nitrogens with one attached hydrogen (secondary N) is 1. The van der Waals surface area contributed by atoms with E-state index in [1.54, 1.807) is 23.6 Å². The van der Waals surface area contributed by atoms with E-state index in [-0.39, 0.29) is 11.5 Å². The number of piperazine rings is 1. The van der Waals surface area contributed by atoms with Gasteiger partial charge in [0.15, 0.2) is 0 Å². The van der Waals surface area contributed by atoms with E-state index in [2.05, 4.69) is 37.6 Å². The van der Waals surface area contributed by atoms with E-state index < -0.39 is 5.82 Å². The largest absolute Gasteiger partial charge is 0.354 e. The summed E-state index contributed by atoms with van der Waals surface area (Å²) < 4.78 is 13.3. The zero-order valence-electron chi connectivity index (χ0n) is 15.3. The van der Waals surface area contributed by atoms with Gasteiger partial charge in [-0.15, -0.1) is 11.3 Å². The molecular weight excluding hydrogens is 375 g/mol. The third-order valence-electron chi connectivity index (χ3n) is 4.75. The molecule has 1 fully saturated rings. The molecule has 4 rings (SSSR count). The predicted molar refractivity (Wildman–Crippen MR) is 110 cm³/mol. The third kappa shape index (κ3) is 4.55. The Morgan fingerprint density at radius 3 is 2.64 bits per heavy atom. The average molecular weight is 396 g/mol. The Bertz CT molecular complexity index is 922. The highest BCUT2D eigenvalue weighted by molar-refractivity contribution is 7.09. The van der Waals surface area contributed by atoms with Gasteiger partial charge in [-0.2, -0.15) is 0 Å². The highest BCUT2D eigenvalue weighted by Crippen LogP contribution is 2.19. The number of carbonyl (C=O) groups excluding carboxylic acids is 1. The number of aromatic nitrogens is 1. The van der Waals surface area contributed by atoms with Crippen molar-refractivity contribution in [2.75, 3.05) is 36.4 Å². The molecule has 0 unspecified atom stereocenters. The van der Waals surface area contributed by atoms with E-state index in [9.17, 15) is 9.18 Å². The second-order valence-electron chi connectivity index (χ2n) is 6.71. The monoisotopic (exact) mass is 396 g/mol. The van der Waals surface area contributed by atoms with Crippen LogP contribution in [0.4, 0.5) is 15.9 Å². The summed E-state index contributed by atoms with van der Waals surface area (Å²) >= 11 is 1.80. The zero-order chi connectivity index (χ0) is 19.3. The Hall–Kier alpha value is -2.77. The molecule has 144 valence electrons. The maximum Gasteiger partial charge on any atom is 0.255 e. The van der Waals surface area contributed by atoms with Crippen molar-refractivity contribution in [3.8, 4) is 0 Å². The fourth-order valence-corrected chi connectivity index (χ4v) is 3.98. The van der Waals surface area contributed by atoms with Crippen LogP contribution in [0.25, 0.3) is 0 Å². The van der Waals surface area contributed by atoms with E-state index in [0.29, 0.717) is 5.69 Å². The van der Waals surface area contributed by atoms with Crippen LogP contribution in [-0.4, -0.2) is 42.0 Å². The molecule has 1 aliphatic heterocycles. The molecule has 0 bridgehead atoms. The molecule has 0 atom stereocenters. The van der Waals surface area contributed by atoms with Crippen molar-refractivity contribution in [1.29, 1.82) is 0 Å². The number of amides is 1. The third-order valence-corrected chi connectivity index (χ3v) is 5.61. The standard InChI is InChI=1S/C21H21FN4OS/c22-17-4-1-3-16(13-17)21(27)24-18-6-7-20(23-14-18)26-10-8-25(9-11-26)15-19-5-2-12-28-19/h1-7,12-14H,8-11,15H2,(H,24,27). The van der Waals surface area contributed by atoms with Crippen LogP contribution in [0, 0.1) is 5.82 Å². The molecule has 1 amide bonds. The van der Waals surface area contributed by atoms with Gasteiger partial charge in [0, 0.05) is 43.2 Å². The van der Waals surface area contributed by atoms with Gasteiger partial charge in [0.2, 0.25) is 0 Å². The van der Waals surface area contributed by atoms with E-state index in [4.69, 9.17) is 0 Å². The quantitative estimate of drug-likeness (QED) is 0.712. The first-order valence-corrected chi connectivity index (χ1v) is 10.1. The molecule has 5 nitrogen and oxygen atoms in total. The smallest absolute Gasteiger partial charge is 0.255 e. The van der Waals surface area contributed by atoms with Gasteiger partial charge in [0.05, 0.1) is 11.9 Å². The molecule has 1 saturated heterocycles. The second kappa shape index (κ2) is 8.50. The molecule has 28 heavy (non-hydrogen) atoms. The SMILES string of the molecule is O=C(Nc1ccc(N2CCN(Cc3cccs3)CC2)nc1)c1cccc(F)c1. The number of anilines is 2. The van der Waals surface area contributed by atoms with Crippen LogP contribution in [-0.2, 0) is 6.54 Å². The van der Waals surface area contributed by atoms with Crippen molar-refractivity contribution in [3.63, 3.8) is 0 Å². The maximum atomic E-state index is 13.3. The van der Waals surface area contributed by atoms with E-state index in [1.165, 1.54) is 23.1 Å². The lowest BCUT2D eigenvalue weighted by molar-refractivity contribution is 0.102. The number of rotatable bonds is 5. The average Bonchev–Trinajstić information content (AvgIpc) is 3.22. The number of pyridine rings is 1. The fraction of sp³-hybridized carbons (Fsp3) is 0.238. The van der Waals surface area contributed by atoms with E-state index in [0.717, 1.165) is 38.5 Å². The summed E-state index contributed by atoms with van der Waals surface area (Å²) in [6.07, 6.45) is 1.64. The normalized spacial score (nSPS) is 14.8. The highest BCUT2D eigenvalue weighted by atomic mass is 32.1. The molecule has 1 aromatic carbocycles. The van der Waals surface area contributed by atoms with Crippen molar-refractivity contribution in [2.45, 2.75) is 6.54 Å². The second-order valence-corrected chi connectivity index (χ2v) is 7.74. The van der Waals surface area contributed by atoms with Crippen LogP contribution in [0.5, 0.6) is 0 Å². The summed E-state index contributed by atoms with van der Waals surface area (Å²) in [7, 11) is 0. The first-order chi connectivity index (χ1) is 13.7. The molecule has 1 N–H and O–H groups in total. The van der Waals surface area contributed by atoms with Gasteiger partial charge in [-0.05, 0) is 41.8 Å². The molecule has 7 heteroatoms. The van der Waals surface area contributed by atoms with Gasteiger partial charge in [0.1, 0.15) is 11.6 Å². The minimum Gasteiger partial charge on any atom is -0.354 e. The summed E-state index contributed by atoms with van der Waals surface area (Å²) in [6, 6.07) is 13.6. The van der Waals surface area contributed by atoms with Gasteiger partial charge in [-0.1, -0.05) is 12.1 Å². The highest BCUT2D eigenvalue weighted by Gasteiger charge is 2.18. The first-order valence-electron chi connectivity index (χ1n) is 9.20. The fourth-order valence-electron chi connectivity index (χ4n) is 3.24. The summed E-state index contributed by atoms with van der Waals surface area (Å²) in [6.45, 7) is 4.85. The van der Waals surface area contributed by atoms with Crippen molar-refractivity contribution in [2.24, 2.45) is 0 Å². The van der Waals surface area contributed by atoms with Crippen LogP contribution in [0.3, 0.4) is 0 Å². The number of benzene rings is 1. The Morgan fingerprint density at radius 2 is 1.96 bits per heavy atom. The summed E-state index contributed by atoms with van der Waals surface area (Å²) in [5.74, 6) is 0.120. The summed E-state index contributed by atoms with van der Waals surface area (Å²) in [4.78, 5) is 22.8. The van der Waals surface area contributed by atoms with Crippen LogP contribution in [0.15, 0.2) is 60.1 Å². The number of halogens is 1. The lowest BCUT2D eigenvalue weighted by atomic mass is 10.2. The van der Waals surface area contributed by atoms with Crippen molar-refractivity contribution in [3.05, 3.63) is 76.4 Å². The van der Waals surface area contributed by atoms with Gasteiger partial charge in [-0.3, -0.25) is 9.69 Å². The van der Waals surface area contributed by atoms with Crippen molar-refractivity contribution < 1.29 is 9.18 Å².